The second kappa shape index (κ2) is 5.89. The molecule has 1 heterocycles. The summed E-state index contributed by atoms with van der Waals surface area (Å²) in [5, 5.41) is 0. The largest absolute Gasteiger partial charge is 0.348 e. The van der Waals surface area contributed by atoms with E-state index < -0.39 is 10.0 Å². The predicted molar refractivity (Wildman–Crippen MR) is 85.1 cm³/mol. The molecule has 1 aromatic carbocycles. The minimum absolute atomic E-state index is 0.0617. The van der Waals surface area contributed by atoms with Crippen molar-refractivity contribution in [3.63, 3.8) is 0 Å². The molecule has 0 aliphatic rings. The van der Waals surface area contributed by atoms with Crippen LogP contribution in [0.1, 0.15) is 42.1 Å². The first-order chi connectivity index (χ1) is 9.85. The van der Waals surface area contributed by atoms with Crippen LogP contribution in [-0.2, 0) is 10.0 Å². The Balaban J connectivity index is 2.46. The maximum atomic E-state index is 11.9. The molecule has 0 saturated carbocycles. The van der Waals surface area contributed by atoms with Crippen LogP contribution in [0, 0.1) is 13.8 Å². The maximum absolute atomic E-state index is 11.9. The van der Waals surface area contributed by atoms with Crippen molar-refractivity contribution in [2.45, 2.75) is 33.6 Å². The molecule has 2 aromatic rings. The Hall–Kier alpha value is -1.82. The molecule has 0 saturated heterocycles. The first kappa shape index (κ1) is 15.6. The number of hydrogen-bond acceptors (Lipinski definition) is 3. The molecule has 5 nitrogen and oxygen atoms in total. The first-order valence-corrected chi connectivity index (χ1v) is 8.59. The van der Waals surface area contributed by atoms with Crippen LogP contribution < -0.4 is 4.72 Å². The zero-order valence-corrected chi connectivity index (χ0v) is 13.6. The summed E-state index contributed by atoms with van der Waals surface area (Å²) in [6.07, 6.45) is 3.44. The summed E-state index contributed by atoms with van der Waals surface area (Å²) in [5.41, 5.74) is 4.64. The predicted octanol–water partition coefficient (Wildman–Crippen LogP) is 2.94. The Morgan fingerprint density at radius 1 is 1.33 bits per heavy atom. The Kier molecular flexibility index (Phi) is 4.37. The van der Waals surface area contributed by atoms with Crippen LogP contribution in [0.25, 0.3) is 0 Å². The van der Waals surface area contributed by atoms with E-state index in [1.807, 2.05) is 26.0 Å². The normalized spacial score (nSPS) is 13.1. The molecule has 2 N–H and O–H groups in total. The van der Waals surface area contributed by atoms with Crippen LogP contribution in [0.15, 0.2) is 24.7 Å². The minimum atomic E-state index is -3.28. The third kappa shape index (κ3) is 3.26. The molecule has 1 aromatic heterocycles. The van der Waals surface area contributed by atoms with Crippen LogP contribution in [-0.4, -0.2) is 24.1 Å². The van der Waals surface area contributed by atoms with E-state index in [-0.39, 0.29) is 11.7 Å². The van der Waals surface area contributed by atoms with Gasteiger partial charge in [0, 0.05) is 17.8 Å². The fraction of sp³-hybridized carbons (Fsp3) is 0.400. The third-order valence-corrected chi connectivity index (χ3v) is 5.08. The Morgan fingerprint density at radius 3 is 2.62 bits per heavy atom. The maximum Gasteiger partial charge on any atom is 0.232 e. The summed E-state index contributed by atoms with van der Waals surface area (Å²) in [6.45, 7) is 7.56. The van der Waals surface area contributed by atoms with Gasteiger partial charge in [-0.05, 0) is 37.5 Å². The van der Waals surface area contributed by atoms with Gasteiger partial charge in [-0.2, -0.15) is 0 Å². The molecule has 114 valence electrons. The molecule has 0 bridgehead atoms. The lowest BCUT2D eigenvalue weighted by molar-refractivity contribution is 0.602. The van der Waals surface area contributed by atoms with Gasteiger partial charge in [-0.3, -0.25) is 4.72 Å². The van der Waals surface area contributed by atoms with E-state index in [9.17, 15) is 8.42 Å². The standard InChI is InChI=1S/C15H21N3O2S/c1-5-21(19,20)18-15-10(2)6-7-13(12(15)4)11(3)14-8-16-9-17-14/h6-9,11,18H,5H2,1-4H3,(H,16,17). The average Bonchev–Trinajstić information content (AvgIpc) is 2.97. The fourth-order valence-electron chi connectivity index (χ4n) is 2.39. The zero-order valence-electron chi connectivity index (χ0n) is 12.8. The van der Waals surface area contributed by atoms with Crippen molar-refractivity contribution >= 4 is 15.7 Å². The number of anilines is 1. The van der Waals surface area contributed by atoms with Gasteiger partial charge < -0.3 is 4.98 Å². The highest BCUT2D eigenvalue weighted by atomic mass is 32.2. The van der Waals surface area contributed by atoms with E-state index in [0.29, 0.717) is 5.69 Å². The number of aromatic nitrogens is 2. The summed E-state index contributed by atoms with van der Waals surface area (Å²) >= 11 is 0. The molecule has 21 heavy (non-hydrogen) atoms. The molecular weight excluding hydrogens is 286 g/mol. The number of benzene rings is 1. The molecule has 0 fully saturated rings. The lowest BCUT2D eigenvalue weighted by atomic mass is 9.91. The van der Waals surface area contributed by atoms with E-state index in [1.165, 1.54) is 0 Å². The Labute approximate surface area is 125 Å². The van der Waals surface area contributed by atoms with Gasteiger partial charge in [0.15, 0.2) is 0 Å². The van der Waals surface area contributed by atoms with E-state index >= 15 is 0 Å². The van der Waals surface area contributed by atoms with Crippen molar-refractivity contribution in [3.8, 4) is 0 Å². The van der Waals surface area contributed by atoms with Gasteiger partial charge in [0.05, 0.1) is 17.8 Å². The molecule has 1 unspecified atom stereocenters. The highest BCUT2D eigenvalue weighted by molar-refractivity contribution is 7.92. The Bertz CT molecular complexity index is 722. The number of aromatic amines is 1. The second-order valence-corrected chi connectivity index (χ2v) is 7.22. The number of nitrogens with zero attached hydrogens (tertiary/aromatic N) is 1. The van der Waals surface area contributed by atoms with Crippen LogP contribution in [0.2, 0.25) is 0 Å². The highest BCUT2D eigenvalue weighted by Gasteiger charge is 2.18. The topological polar surface area (TPSA) is 74.8 Å². The fourth-order valence-corrected chi connectivity index (χ4v) is 3.16. The van der Waals surface area contributed by atoms with Gasteiger partial charge in [-0.15, -0.1) is 0 Å². The van der Waals surface area contributed by atoms with Crippen LogP contribution in [0.5, 0.6) is 0 Å². The number of imidazole rings is 1. The Morgan fingerprint density at radius 2 is 2.05 bits per heavy atom. The van der Waals surface area contributed by atoms with Crippen molar-refractivity contribution < 1.29 is 8.42 Å². The van der Waals surface area contributed by atoms with Gasteiger partial charge in [0.25, 0.3) is 0 Å². The summed E-state index contributed by atoms with van der Waals surface area (Å²) in [7, 11) is -3.28. The van der Waals surface area contributed by atoms with Crippen molar-refractivity contribution in [1.82, 2.24) is 9.97 Å². The lowest BCUT2D eigenvalue weighted by Crippen LogP contribution is -2.17. The van der Waals surface area contributed by atoms with Crippen molar-refractivity contribution in [1.29, 1.82) is 0 Å². The van der Waals surface area contributed by atoms with Gasteiger partial charge in [0.1, 0.15) is 0 Å². The summed E-state index contributed by atoms with van der Waals surface area (Å²) in [5.74, 6) is 0.185. The summed E-state index contributed by atoms with van der Waals surface area (Å²) < 4.78 is 26.4. The molecular formula is C15H21N3O2S. The van der Waals surface area contributed by atoms with Crippen molar-refractivity contribution in [2.75, 3.05) is 10.5 Å². The number of sulfonamides is 1. The van der Waals surface area contributed by atoms with Gasteiger partial charge in [-0.25, -0.2) is 13.4 Å². The zero-order chi connectivity index (χ0) is 15.6. The minimum Gasteiger partial charge on any atom is -0.348 e. The quantitative estimate of drug-likeness (QED) is 0.892. The molecule has 0 aliphatic heterocycles. The second-order valence-electron chi connectivity index (χ2n) is 5.21. The van der Waals surface area contributed by atoms with Crippen LogP contribution in [0.3, 0.4) is 0 Å². The number of nitrogens with one attached hydrogen (secondary N) is 2. The molecule has 0 aliphatic carbocycles. The van der Waals surface area contributed by atoms with E-state index in [0.717, 1.165) is 22.4 Å². The molecule has 0 amide bonds. The molecule has 1 atom stereocenters. The molecule has 0 spiro atoms. The number of hydrogen-bond donors (Lipinski definition) is 2. The van der Waals surface area contributed by atoms with Gasteiger partial charge >= 0.3 is 0 Å². The van der Waals surface area contributed by atoms with E-state index in [4.69, 9.17) is 0 Å². The van der Waals surface area contributed by atoms with Crippen LogP contribution >= 0.6 is 0 Å². The molecule has 0 radical (unpaired) electrons. The summed E-state index contributed by atoms with van der Waals surface area (Å²) in [4.78, 5) is 7.15. The average molecular weight is 307 g/mol. The number of aryl methyl sites for hydroxylation is 1. The first-order valence-electron chi connectivity index (χ1n) is 6.94. The summed E-state index contributed by atoms with van der Waals surface area (Å²) in [6, 6.07) is 3.99. The van der Waals surface area contributed by atoms with E-state index in [1.54, 1.807) is 19.4 Å². The van der Waals surface area contributed by atoms with Crippen molar-refractivity contribution in [2.24, 2.45) is 0 Å². The molecule has 6 heteroatoms. The lowest BCUT2D eigenvalue weighted by Gasteiger charge is -2.19. The van der Waals surface area contributed by atoms with Gasteiger partial charge in [-0.1, -0.05) is 19.1 Å². The van der Waals surface area contributed by atoms with Crippen LogP contribution in [0.4, 0.5) is 5.69 Å². The van der Waals surface area contributed by atoms with E-state index in [2.05, 4.69) is 21.6 Å². The smallest absolute Gasteiger partial charge is 0.232 e. The third-order valence-electron chi connectivity index (χ3n) is 3.81. The van der Waals surface area contributed by atoms with Crippen molar-refractivity contribution in [3.05, 3.63) is 47.0 Å². The number of H-pyrrole nitrogens is 1. The van der Waals surface area contributed by atoms with Gasteiger partial charge in [0.2, 0.25) is 10.0 Å². The number of rotatable bonds is 5. The monoisotopic (exact) mass is 307 g/mol. The highest BCUT2D eigenvalue weighted by Crippen LogP contribution is 2.32. The molecule has 2 rings (SSSR count). The SMILES string of the molecule is CCS(=O)(=O)Nc1c(C)ccc(C(C)c2cnc[nH]2)c1C.